The second-order valence-corrected chi connectivity index (χ2v) is 28.0. The fraction of sp³-hybridized carbons (Fsp3) is 0.323. The van der Waals surface area contributed by atoms with Gasteiger partial charge in [-0.2, -0.15) is 0 Å². The number of aryl methyl sites for hydroxylation is 1. The summed E-state index contributed by atoms with van der Waals surface area (Å²) in [4.78, 5) is 149. The van der Waals surface area contributed by atoms with E-state index >= 15 is 0 Å². The number of methoxy groups -OCH3 is 1. The lowest BCUT2D eigenvalue weighted by Gasteiger charge is -2.30. The second-order valence-electron chi connectivity index (χ2n) is 22.2. The van der Waals surface area contributed by atoms with Crippen LogP contribution in [0.1, 0.15) is 149 Å². The number of fused-ring (bicyclic) bond motifs is 14. The first kappa shape index (κ1) is 65.7. The summed E-state index contributed by atoms with van der Waals surface area (Å²) in [6, 6.07) is 12.8. The lowest BCUT2D eigenvalue weighted by atomic mass is 9.81. The summed E-state index contributed by atoms with van der Waals surface area (Å²) >= 11 is 7.06. The minimum Gasteiger partial charge on any atom is -0.481 e. The van der Waals surface area contributed by atoms with Gasteiger partial charge in [-0.25, -0.2) is 44.7 Å². The molecule has 1 aliphatic carbocycles. The van der Waals surface area contributed by atoms with Crippen LogP contribution in [-0.4, -0.2) is 123 Å². The number of aromatic carboxylic acids is 1. The van der Waals surface area contributed by atoms with E-state index in [2.05, 4.69) is 26.3 Å². The van der Waals surface area contributed by atoms with Gasteiger partial charge in [-0.1, -0.05) is 44.2 Å². The molecule has 1 saturated carbocycles. The van der Waals surface area contributed by atoms with Gasteiger partial charge in [0.2, 0.25) is 17.7 Å². The highest BCUT2D eigenvalue weighted by molar-refractivity contribution is 7.15. The van der Waals surface area contributed by atoms with E-state index in [4.69, 9.17) is 39.6 Å². The number of carboxylic acids is 2. The smallest absolute Gasteiger partial charge is 0.354 e. The van der Waals surface area contributed by atoms with Crippen LogP contribution in [0.2, 0.25) is 0 Å². The van der Waals surface area contributed by atoms with E-state index in [1.807, 2.05) is 13.8 Å². The number of ether oxygens (including phenoxy) is 1. The summed E-state index contributed by atoms with van der Waals surface area (Å²) in [6.07, 6.45) is 0.811. The average molecular weight is 1370 g/mol. The molecule has 1 fully saturated rings. The Morgan fingerprint density at radius 3 is 2.15 bits per heavy atom. The highest BCUT2D eigenvalue weighted by Gasteiger charge is 2.37. The minimum atomic E-state index is -1.31. The van der Waals surface area contributed by atoms with Crippen molar-refractivity contribution in [3.8, 4) is 43.4 Å². The Labute approximate surface area is 554 Å². The lowest BCUT2D eigenvalue weighted by Crippen LogP contribution is -2.40. The van der Waals surface area contributed by atoms with Gasteiger partial charge in [0.15, 0.2) is 11.6 Å². The normalized spacial score (nSPS) is 18.4. The van der Waals surface area contributed by atoms with E-state index in [-0.39, 0.29) is 91.1 Å². The molecule has 93 heavy (non-hydrogen) atoms. The molecule has 480 valence electrons. The zero-order valence-corrected chi connectivity index (χ0v) is 55.2. The van der Waals surface area contributed by atoms with Crippen LogP contribution in [0.25, 0.3) is 43.4 Å². The van der Waals surface area contributed by atoms with Gasteiger partial charge in [0, 0.05) is 70.6 Å². The summed E-state index contributed by atoms with van der Waals surface area (Å²) in [5.74, 6) is -7.05. The first-order chi connectivity index (χ1) is 44.7. The van der Waals surface area contributed by atoms with Crippen molar-refractivity contribution in [2.45, 2.75) is 90.0 Å². The Bertz CT molecular complexity index is 4320. The van der Waals surface area contributed by atoms with Gasteiger partial charge in [0.25, 0.3) is 11.8 Å². The van der Waals surface area contributed by atoms with Crippen LogP contribution in [0.4, 0.5) is 11.5 Å². The molecule has 25 nitrogen and oxygen atoms in total. The van der Waals surface area contributed by atoms with Gasteiger partial charge in [0.1, 0.15) is 77.0 Å². The molecular formula is C62H59N13O12S6. The van der Waals surface area contributed by atoms with Crippen molar-refractivity contribution in [2.24, 2.45) is 17.8 Å². The van der Waals surface area contributed by atoms with Gasteiger partial charge < -0.3 is 41.3 Å². The van der Waals surface area contributed by atoms with E-state index in [0.29, 0.717) is 73.7 Å². The standard InChI is InChI=1S/C62H59N13O12S6/c1-28(2)35-20-42(76)47-29(3)92-58(73-47)37(21-45(77)63-4)67-52(80)40-25-88-54(69-40)34-15-16-36(56-71-44(27-91-56)75(33-17-18-64-38(19-33)62(85)86)60(82)31-11-13-32(14-12-31)61(83)84)66-48(34)39-24-89-57(68-39)41-26-90-59(70-41)50(51(79)30-9-7-6-8-10-30)72-46(78)22-65-53(81)49-43(23-87-5)93-55(35)74-49/h6-10,15-19,24-28,31-32,35,37,50-51,79H,11-14,20-23H2,1-5H3,(H,63,77)(H,65,81)(H,67,80)(H,72,78)(H,83,84)(H,85,86)/t31?,32?,35?,37-,50-,51-/m0/s1. The molecule has 1 aliphatic heterocycles. The van der Waals surface area contributed by atoms with Gasteiger partial charge in [-0.05, 0) is 68.4 Å². The molecule has 8 aromatic heterocycles. The number of aromatic nitrogens is 8. The van der Waals surface area contributed by atoms with Crippen molar-refractivity contribution in [1.82, 2.24) is 61.1 Å². The molecule has 9 aromatic rings. The number of carbonyl (C=O) groups is 8. The van der Waals surface area contributed by atoms with Crippen molar-refractivity contribution < 1.29 is 58.4 Å². The van der Waals surface area contributed by atoms with E-state index in [9.17, 15) is 53.7 Å². The first-order valence-corrected chi connectivity index (χ1v) is 34.3. The molecule has 5 amide bonds. The average Bonchev–Trinajstić information content (AvgIpc) is 1.72. The number of pyridine rings is 2. The number of Topliss-reactive ketones (excluding diaryl/α,β-unsaturated/α-hetero) is 1. The number of ketones is 1. The molecule has 1 unspecified atom stereocenters. The van der Waals surface area contributed by atoms with Gasteiger partial charge in [0.05, 0.1) is 52.8 Å². The largest absolute Gasteiger partial charge is 0.481 e. The SMILES string of the molecule is CNC(=O)C[C@@H]1NC(=O)c2csc(n2)-c2ccc(-c3nc(N(C(=O)C4CCC(C(=O)O)CC4)c4ccnc(C(=O)O)c4)cs3)nc2-c2csc(n2)-c2csc(n2)[C@H]([C@@H](O)c2ccccc2)NC(=O)CNC(=O)c2nc(sc2COC)C(C(C)C)CC(=O)c2nc1sc2C. The number of benzene rings is 1. The van der Waals surface area contributed by atoms with Crippen molar-refractivity contribution in [3.63, 3.8) is 0 Å². The molecule has 0 saturated heterocycles. The molecule has 7 N–H and O–H groups in total. The topological polar surface area (TPSA) is 361 Å². The van der Waals surface area contributed by atoms with E-state index < -0.39 is 84.0 Å². The van der Waals surface area contributed by atoms with Crippen LogP contribution in [0, 0.1) is 24.7 Å². The summed E-state index contributed by atoms with van der Waals surface area (Å²) < 4.78 is 5.48. The Hall–Kier alpha value is -8.82. The van der Waals surface area contributed by atoms with Gasteiger partial charge in [-0.3, -0.25) is 38.5 Å². The van der Waals surface area contributed by atoms with Crippen molar-refractivity contribution in [1.29, 1.82) is 0 Å². The number of amides is 5. The molecule has 9 heterocycles. The zero-order valence-electron chi connectivity index (χ0n) is 50.3. The van der Waals surface area contributed by atoms with Crippen molar-refractivity contribution >= 4 is 127 Å². The molecule has 1 aromatic carbocycles. The molecular weight excluding hydrogens is 1310 g/mol. The number of aliphatic hydroxyl groups excluding tert-OH is 1. The summed E-state index contributed by atoms with van der Waals surface area (Å²) in [6.45, 7) is 5.08. The number of thiazole rings is 6. The minimum absolute atomic E-state index is 0.00849. The maximum absolute atomic E-state index is 14.6. The number of hydrogen-bond donors (Lipinski definition) is 7. The second kappa shape index (κ2) is 28.6. The summed E-state index contributed by atoms with van der Waals surface area (Å²) in [5.41, 5.74) is 2.30. The van der Waals surface area contributed by atoms with Crippen LogP contribution in [0.3, 0.4) is 0 Å². The molecule has 4 atom stereocenters. The molecule has 0 spiro atoms. The maximum atomic E-state index is 14.6. The van der Waals surface area contributed by atoms with Crippen molar-refractivity contribution in [3.05, 3.63) is 135 Å². The number of nitrogens with zero attached hydrogens (tertiary/aromatic N) is 9. The Kier molecular flexibility index (Phi) is 20.2. The number of aliphatic hydroxyl groups is 1. The molecule has 10 bridgehead atoms. The summed E-state index contributed by atoms with van der Waals surface area (Å²) in [5, 5.41) is 51.6. The predicted octanol–water partition coefficient (Wildman–Crippen LogP) is 9.85. The van der Waals surface area contributed by atoms with Crippen LogP contribution in [0.5, 0.6) is 0 Å². The first-order valence-electron chi connectivity index (χ1n) is 29.2. The Morgan fingerprint density at radius 1 is 0.720 bits per heavy atom. The number of aliphatic carboxylic acids is 1. The Balaban J connectivity index is 0.998. The number of anilines is 2. The Morgan fingerprint density at radius 2 is 1.42 bits per heavy atom. The monoisotopic (exact) mass is 1370 g/mol. The quantitative estimate of drug-likeness (QED) is 0.0564. The predicted molar refractivity (Wildman–Crippen MR) is 350 cm³/mol. The lowest BCUT2D eigenvalue weighted by molar-refractivity contribution is -0.144. The highest BCUT2D eigenvalue weighted by Crippen LogP contribution is 2.42. The third-order valence-corrected chi connectivity index (χ3v) is 21.5. The number of carbonyl (C=O) groups excluding carboxylic acids is 6. The van der Waals surface area contributed by atoms with Crippen LogP contribution >= 0.6 is 68.0 Å². The fourth-order valence-electron chi connectivity index (χ4n) is 10.8. The van der Waals surface area contributed by atoms with Crippen molar-refractivity contribution in [2.75, 3.05) is 25.6 Å². The van der Waals surface area contributed by atoms with Gasteiger partial charge >= 0.3 is 11.9 Å². The third kappa shape index (κ3) is 14.5. The number of hydrogen-bond acceptors (Lipinski definition) is 24. The van der Waals surface area contributed by atoms with Crippen LogP contribution in [-0.2, 0) is 30.5 Å². The molecule has 2 aliphatic rings. The van der Waals surface area contributed by atoms with Crippen LogP contribution in [0.15, 0.2) is 82.3 Å². The molecule has 31 heteroatoms. The molecule has 0 radical (unpaired) electrons. The van der Waals surface area contributed by atoms with Crippen LogP contribution < -0.4 is 26.2 Å². The summed E-state index contributed by atoms with van der Waals surface area (Å²) in [7, 11) is 2.94. The highest BCUT2D eigenvalue weighted by atomic mass is 32.1. The van der Waals surface area contributed by atoms with Gasteiger partial charge in [-0.15, -0.1) is 68.0 Å². The fourth-order valence-corrected chi connectivity index (χ4v) is 16.4. The third-order valence-electron chi connectivity index (χ3n) is 15.7. The number of rotatable bonds is 13. The van der Waals surface area contributed by atoms with E-state index in [1.165, 1.54) is 60.1 Å². The molecule has 11 rings (SSSR count). The van der Waals surface area contributed by atoms with E-state index in [0.717, 1.165) is 45.3 Å². The maximum Gasteiger partial charge on any atom is 0.354 e. The number of carboxylic acid groups (broad SMARTS) is 2. The van der Waals surface area contributed by atoms with E-state index in [1.54, 1.807) is 70.9 Å². The number of nitrogens with one attached hydrogen (secondary N) is 4. The zero-order chi connectivity index (χ0) is 65.8.